The van der Waals surface area contributed by atoms with Crippen LogP contribution in [0.5, 0.6) is 5.75 Å². The molecule has 0 unspecified atom stereocenters. The summed E-state index contributed by atoms with van der Waals surface area (Å²) in [5.41, 5.74) is 4.22. The lowest BCUT2D eigenvalue weighted by atomic mass is 10.1. The maximum Gasteiger partial charge on any atom is 0.189 e. The van der Waals surface area contributed by atoms with E-state index in [1.165, 1.54) is 6.07 Å². The summed E-state index contributed by atoms with van der Waals surface area (Å²) in [5, 5.41) is 4.97. The minimum atomic E-state index is -0.427. The molecule has 1 N–H and O–H groups in total. The Hall–Kier alpha value is -2.81. The number of anilines is 1. The molecule has 1 saturated heterocycles. The number of aromatic nitrogens is 2. The minimum Gasteiger partial charge on any atom is -0.491 e. The number of nitrogens with one attached hydrogen (secondary N) is 1. The molecular weight excluding hydrogens is 367 g/mol. The fourth-order valence-electron chi connectivity index (χ4n) is 3.10. The van der Waals surface area contributed by atoms with Crippen molar-refractivity contribution in [2.75, 3.05) is 37.7 Å². The molecule has 7 nitrogen and oxygen atoms in total. The van der Waals surface area contributed by atoms with E-state index in [1.54, 1.807) is 6.20 Å². The Morgan fingerprint density at radius 3 is 2.85 bits per heavy atom. The van der Waals surface area contributed by atoms with Crippen molar-refractivity contribution in [2.24, 2.45) is 5.10 Å². The smallest absolute Gasteiger partial charge is 0.189 e. The summed E-state index contributed by atoms with van der Waals surface area (Å²) in [5.74, 6) is 0.967. The van der Waals surface area contributed by atoms with Gasteiger partial charge in [0.15, 0.2) is 5.11 Å². The Labute approximate surface area is 161 Å². The van der Waals surface area contributed by atoms with E-state index in [0.717, 1.165) is 38.2 Å². The Morgan fingerprint density at radius 2 is 2.07 bits per heavy atom. The molecule has 0 aromatic carbocycles. The Kier molecular flexibility index (Phi) is 5.10. The fraction of sp³-hybridized carbons (Fsp3) is 0.333. The zero-order valence-corrected chi connectivity index (χ0v) is 15.5. The predicted molar refractivity (Wildman–Crippen MR) is 105 cm³/mol. The molecule has 2 aliphatic heterocycles. The average molecular weight is 386 g/mol. The largest absolute Gasteiger partial charge is 0.491 e. The van der Waals surface area contributed by atoms with Crippen molar-refractivity contribution in [3.05, 3.63) is 48.2 Å². The van der Waals surface area contributed by atoms with Gasteiger partial charge < -0.3 is 14.5 Å². The molecule has 0 radical (unpaired) electrons. The molecule has 140 valence electrons. The monoisotopic (exact) mass is 386 g/mol. The van der Waals surface area contributed by atoms with E-state index in [1.807, 2.05) is 18.2 Å². The molecule has 1 fully saturated rings. The molecule has 2 aromatic rings. The molecule has 2 aromatic heterocycles. The summed E-state index contributed by atoms with van der Waals surface area (Å²) >= 11 is 5.48. The van der Waals surface area contributed by atoms with Crippen LogP contribution in [0.15, 0.2) is 41.8 Å². The van der Waals surface area contributed by atoms with Crippen LogP contribution in [-0.2, 0) is 0 Å². The normalized spacial score (nSPS) is 18.0. The van der Waals surface area contributed by atoms with Gasteiger partial charge in [-0.05, 0) is 24.4 Å². The van der Waals surface area contributed by atoms with Crippen molar-refractivity contribution < 1.29 is 9.13 Å². The van der Waals surface area contributed by atoms with Gasteiger partial charge in [0.2, 0.25) is 0 Å². The van der Waals surface area contributed by atoms with Gasteiger partial charge in [-0.25, -0.2) is 14.4 Å². The highest BCUT2D eigenvalue weighted by Crippen LogP contribution is 2.23. The van der Waals surface area contributed by atoms with E-state index in [4.69, 9.17) is 17.0 Å². The highest BCUT2D eigenvalue weighted by atomic mass is 32.1. The molecule has 0 aliphatic carbocycles. The van der Waals surface area contributed by atoms with Crippen LogP contribution in [0.2, 0.25) is 0 Å². The van der Waals surface area contributed by atoms with Crippen molar-refractivity contribution in [3.8, 4) is 5.75 Å². The molecule has 27 heavy (non-hydrogen) atoms. The van der Waals surface area contributed by atoms with Gasteiger partial charge in [-0.3, -0.25) is 5.43 Å². The summed E-state index contributed by atoms with van der Waals surface area (Å²) in [4.78, 5) is 12.8. The number of fused-ring (bicyclic) bond motifs is 1. The molecule has 0 atom stereocenters. The first-order valence-electron chi connectivity index (χ1n) is 8.77. The second-order valence-corrected chi connectivity index (χ2v) is 6.62. The van der Waals surface area contributed by atoms with Gasteiger partial charge in [0.05, 0.1) is 18.5 Å². The number of hydrogen-bond acceptors (Lipinski definition) is 6. The van der Waals surface area contributed by atoms with E-state index in [2.05, 4.69) is 30.3 Å². The fourth-order valence-corrected chi connectivity index (χ4v) is 3.33. The first kappa shape index (κ1) is 17.6. The van der Waals surface area contributed by atoms with Gasteiger partial charge in [0.25, 0.3) is 0 Å². The number of ether oxygens (including phenoxy) is 1. The molecule has 2 aliphatic rings. The lowest BCUT2D eigenvalue weighted by Gasteiger charge is -2.36. The highest BCUT2D eigenvalue weighted by Gasteiger charge is 2.22. The third-order valence-corrected chi connectivity index (χ3v) is 4.87. The van der Waals surface area contributed by atoms with E-state index in [9.17, 15) is 4.39 Å². The van der Waals surface area contributed by atoms with Crippen molar-refractivity contribution in [3.63, 3.8) is 0 Å². The van der Waals surface area contributed by atoms with E-state index >= 15 is 0 Å². The summed E-state index contributed by atoms with van der Waals surface area (Å²) in [6.07, 6.45) is 3.56. The van der Waals surface area contributed by atoms with Crippen molar-refractivity contribution >= 4 is 28.9 Å². The van der Waals surface area contributed by atoms with Crippen molar-refractivity contribution in [2.45, 2.75) is 6.42 Å². The standard InChI is InChI=1S/C18H19FN6OS/c19-13-11-15-17(21-12-13)14(4-10-26-15)22-23-18(27)25-8-6-24(7-9-25)16-3-1-2-5-20-16/h1-3,5,11-12H,4,6-10H2,(H,23,27)/b22-14-. The second-order valence-electron chi connectivity index (χ2n) is 6.24. The maximum absolute atomic E-state index is 13.3. The summed E-state index contributed by atoms with van der Waals surface area (Å²) < 4.78 is 18.7. The molecule has 9 heteroatoms. The minimum absolute atomic E-state index is 0.414. The third-order valence-electron chi connectivity index (χ3n) is 4.52. The average Bonchev–Trinajstić information content (AvgIpc) is 2.72. The number of hydrogen-bond donors (Lipinski definition) is 1. The van der Waals surface area contributed by atoms with Crippen LogP contribution in [0.25, 0.3) is 0 Å². The molecule has 0 amide bonds. The van der Waals surface area contributed by atoms with Crippen LogP contribution in [0, 0.1) is 5.82 Å². The molecule has 0 spiro atoms. The SMILES string of the molecule is Fc1cnc2c(c1)OCC/C2=N/NC(=S)N1CCN(c2ccccn2)CC1. The van der Waals surface area contributed by atoms with Crippen LogP contribution < -0.4 is 15.1 Å². The number of rotatable bonds is 2. The van der Waals surface area contributed by atoms with E-state index < -0.39 is 5.82 Å². The lowest BCUT2D eigenvalue weighted by Crippen LogP contribution is -2.51. The van der Waals surface area contributed by atoms with Crippen molar-refractivity contribution in [1.82, 2.24) is 20.3 Å². The number of piperazine rings is 1. The molecule has 4 rings (SSSR count). The van der Waals surface area contributed by atoms with Gasteiger partial charge in [0, 0.05) is 44.9 Å². The third kappa shape index (κ3) is 3.97. The van der Waals surface area contributed by atoms with Crippen LogP contribution in [0.3, 0.4) is 0 Å². The number of nitrogens with zero attached hydrogens (tertiary/aromatic N) is 5. The molecule has 0 saturated carbocycles. The zero-order valence-electron chi connectivity index (χ0n) is 14.6. The van der Waals surface area contributed by atoms with E-state index in [-0.39, 0.29) is 0 Å². The van der Waals surface area contributed by atoms with E-state index in [0.29, 0.717) is 35.3 Å². The zero-order chi connectivity index (χ0) is 18.6. The topological polar surface area (TPSA) is 65.9 Å². The Bertz CT molecular complexity index is 854. The quantitative estimate of drug-likeness (QED) is 0.624. The number of halogens is 1. The van der Waals surface area contributed by atoms with Gasteiger partial charge in [-0.2, -0.15) is 5.10 Å². The number of pyridine rings is 2. The Balaban J connectivity index is 1.36. The number of thiocarbonyl (C=S) groups is 1. The van der Waals surface area contributed by atoms with Gasteiger partial charge in [-0.1, -0.05) is 6.07 Å². The van der Waals surface area contributed by atoms with Crippen molar-refractivity contribution in [1.29, 1.82) is 0 Å². The van der Waals surface area contributed by atoms with Crippen LogP contribution in [0.4, 0.5) is 10.2 Å². The first-order chi connectivity index (χ1) is 13.2. The Morgan fingerprint density at radius 1 is 1.22 bits per heavy atom. The molecule has 0 bridgehead atoms. The first-order valence-corrected chi connectivity index (χ1v) is 9.18. The summed E-state index contributed by atoms with van der Waals surface area (Å²) in [6, 6.07) is 7.24. The highest BCUT2D eigenvalue weighted by molar-refractivity contribution is 7.80. The summed E-state index contributed by atoms with van der Waals surface area (Å²) in [6.45, 7) is 3.70. The molecular formula is C18H19FN6OS. The second kappa shape index (κ2) is 7.83. The van der Waals surface area contributed by atoms with Gasteiger partial charge >= 0.3 is 0 Å². The predicted octanol–water partition coefficient (Wildman–Crippen LogP) is 1.80. The van der Waals surface area contributed by atoms with Crippen LogP contribution in [-0.4, -0.2) is 58.5 Å². The van der Waals surface area contributed by atoms with Crippen LogP contribution in [0.1, 0.15) is 12.1 Å². The number of hydrazone groups is 1. The summed E-state index contributed by atoms with van der Waals surface area (Å²) in [7, 11) is 0. The van der Waals surface area contributed by atoms with Crippen LogP contribution >= 0.6 is 12.2 Å². The molecule has 4 heterocycles. The lowest BCUT2D eigenvalue weighted by molar-refractivity contribution is 0.316. The van der Waals surface area contributed by atoms with Gasteiger partial charge in [-0.15, -0.1) is 0 Å². The van der Waals surface area contributed by atoms with Gasteiger partial charge in [0.1, 0.15) is 23.1 Å². The maximum atomic E-state index is 13.3.